The molecular formula is C42H60N4O7. The number of hydrogen-bond donors (Lipinski definition) is 6. The minimum atomic E-state index is -0.634. The highest BCUT2D eigenvalue weighted by molar-refractivity contribution is 5.98. The van der Waals surface area contributed by atoms with Crippen molar-refractivity contribution in [3.8, 4) is 0 Å². The van der Waals surface area contributed by atoms with Crippen molar-refractivity contribution in [3.05, 3.63) is 97.6 Å². The van der Waals surface area contributed by atoms with Gasteiger partial charge in [0.1, 0.15) is 0 Å². The van der Waals surface area contributed by atoms with Gasteiger partial charge in [-0.1, -0.05) is 70.2 Å². The maximum absolute atomic E-state index is 12.9. The Morgan fingerprint density at radius 2 is 1.11 bits per heavy atom. The van der Waals surface area contributed by atoms with Crippen LogP contribution in [-0.4, -0.2) is 51.6 Å². The average molecular weight is 733 g/mol. The molecule has 0 aliphatic heterocycles. The first-order valence-electron chi connectivity index (χ1n) is 18.1. The van der Waals surface area contributed by atoms with Crippen LogP contribution in [0.1, 0.15) is 83.8 Å². The number of allylic oxidation sites excluding steroid dienone is 3. The molecule has 0 unspecified atom stereocenters. The quantitative estimate of drug-likeness (QED) is 0.0591. The van der Waals surface area contributed by atoms with Crippen molar-refractivity contribution in [1.82, 2.24) is 5.32 Å². The highest BCUT2D eigenvalue weighted by Gasteiger charge is 2.29. The van der Waals surface area contributed by atoms with Crippen molar-refractivity contribution >= 4 is 40.7 Å². The molecule has 0 aliphatic rings. The molecule has 53 heavy (non-hydrogen) atoms. The van der Waals surface area contributed by atoms with Crippen molar-refractivity contribution in [3.63, 3.8) is 0 Å². The zero-order valence-corrected chi connectivity index (χ0v) is 31.8. The summed E-state index contributed by atoms with van der Waals surface area (Å²) in [5, 5.41) is 26.6. The number of nitrogens with two attached hydrogens (primary N) is 1. The van der Waals surface area contributed by atoms with Crippen LogP contribution in [0.5, 0.6) is 0 Å². The molecule has 0 bridgehead atoms. The van der Waals surface area contributed by atoms with E-state index in [4.69, 9.17) is 15.9 Å². The number of benzene rings is 2. The number of aliphatic hydroxyl groups excluding tert-OH is 2. The molecule has 2 aromatic carbocycles. The molecule has 290 valence electrons. The Morgan fingerprint density at radius 1 is 0.679 bits per heavy atom. The Bertz CT molecular complexity index is 1490. The predicted octanol–water partition coefficient (Wildman–Crippen LogP) is 6.02. The molecule has 0 aromatic heterocycles. The van der Waals surface area contributed by atoms with Gasteiger partial charge in [0.25, 0.3) is 0 Å². The van der Waals surface area contributed by atoms with Gasteiger partial charge in [0.2, 0.25) is 17.7 Å². The number of anilines is 2. The molecule has 3 amide bonds. The van der Waals surface area contributed by atoms with E-state index >= 15 is 0 Å². The monoisotopic (exact) mass is 732 g/mol. The van der Waals surface area contributed by atoms with Crippen LogP contribution in [-0.2, 0) is 37.2 Å². The topological polar surface area (TPSA) is 188 Å². The Kier molecular flexibility index (Phi) is 22.1. The number of amides is 3. The summed E-state index contributed by atoms with van der Waals surface area (Å²) in [6, 6.07) is 12.6. The van der Waals surface area contributed by atoms with Crippen LogP contribution < -0.4 is 21.7 Å². The lowest BCUT2D eigenvalue weighted by molar-refractivity contribution is -0.131. The molecule has 7 N–H and O–H groups in total. The van der Waals surface area contributed by atoms with Gasteiger partial charge in [-0.3, -0.25) is 24.0 Å². The maximum Gasteiger partial charge on any atom is 0.228 e. The number of nitrogens with one attached hydrogen (secondary N) is 3. The average Bonchev–Trinajstić information content (AvgIpc) is 3.13. The van der Waals surface area contributed by atoms with Gasteiger partial charge in [-0.05, 0) is 72.9 Å². The number of hydrogen-bond acceptors (Lipinski definition) is 8. The van der Waals surface area contributed by atoms with E-state index in [1.165, 1.54) is 0 Å². The van der Waals surface area contributed by atoms with E-state index in [2.05, 4.69) is 35.7 Å². The van der Waals surface area contributed by atoms with Gasteiger partial charge in [-0.2, -0.15) is 0 Å². The second kappa shape index (κ2) is 25.3. The SMILES string of the molecule is C=CCCCC(=O)N[C@H](C(=O)C[C@@H](CC=C)C(=O)Nc1ccc(CO)cc1)C(C)C.C=CC[C@H](CC(=O)[C@@H](N)C(C)C)C(=O)Nc1ccc(CO)cc1. The van der Waals surface area contributed by atoms with E-state index in [9.17, 15) is 24.0 Å². The predicted molar refractivity (Wildman–Crippen MR) is 211 cm³/mol. The first-order chi connectivity index (χ1) is 25.2. The Labute approximate surface area is 315 Å². The summed E-state index contributed by atoms with van der Waals surface area (Å²) in [7, 11) is 0. The summed E-state index contributed by atoms with van der Waals surface area (Å²) in [6.45, 7) is 18.4. The summed E-state index contributed by atoms with van der Waals surface area (Å²) in [4.78, 5) is 62.3. The van der Waals surface area contributed by atoms with Gasteiger partial charge in [0, 0.05) is 42.5 Å². The van der Waals surface area contributed by atoms with Crippen LogP contribution in [0.15, 0.2) is 86.5 Å². The van der Waals surface area contributed by atoms with Gasteiger partial charge in [-0.15, -0.1) is 19.7 Å². The van der Waals surface area contributed by atoms with E-state index in [0.29, 0.717) is 37.1 Å². The molecule has 0 aliphatic carbocycles. The summed E-state index contributed by atoms with van der Waals surface area (Å²) in [6.07, 6.45) is 7.66. The first kappa shape index (κ1) is 46.3. The van der Waals surface area contributed by atoms with Crippen LogP contribution in [0.2, 0.25) is 0 Å². The molecule has 11 heteroatoms. The summed E-state index contributed by atoms with van der Waals surface area (Å²) in [5.74, 6) is -2.06. The lowest BCUT2D eigenvalue weighted by Crippen LogP contribution is -2.45. The molecule has 11 nitrogen and oxygen atoms in total. The lowest BCUT2D eigenvalue weighted by atomic mass is 9.90. The number of rotatable bonds is 23. The molecule has 0 radical (unpaired) electrons. The van der Waals surface area contributed by atoms with E-state index in [1.807, 2.05) is 27.7 Å². The van der Waals surface area contributed by atoms with Gasteiger partial charge in [-0.25, -0.2) is 0 Å². The molecular weight excluding hydrogens is 672 g/mol. The van der Waals surface area contributed by atoms with Gasteiger partial charge < -0.3 is 31.9 Å². The minimum absolute atomic E-state index is 0.0162. The number of ketones is 2. The molecule has 0 saturated carbocycles. The fourth-order valence-corrected chi connectivity index (χ4v) is 5.24. The third kappa shape index (κ3) is 17.6. The van der Waals surface area contributed by atoms with Crippen molar-refractivity contribution < 1.29 is 34.2 Å². The summed E-state index contributed by atoms with van der Waals surface area (Å²) >= 11 is 0. The summed E-state index contributed by atoms with van der Waals surface area (Å²) in [5.41, 5.74) is 8.59. The maximum atomic E-state index is 12.9. The number of carbonyl (C=O) groups excluding carboxylic acids is 5. The zero-order valence-electron chi connectivity index (χ0n) is 31.8. The van der Waals surface area contributed by atoms with Crippen LogP contribution in [0.3, 0.4) is 0 Å². The Balaban J connectivity index is 0.000000549. The zero-order chi connectivity index (χ0) is 39.9. The van der Waals surface area contributed by atoms with Crippen molar-refractivity contribution in [2.45, 2.75) is 97.9 Å². The van der Waals surface area contributed by atoms with Crippen molar-refractivity contribution in [2.24, 2.45) is 29.4 Å². The fraction of sp³-hybridized carbons (Fsp3) is 0.452. The summed E-state index contributed by atoms with van der Waals surface area (Å²) < 4.78 is 0. The third-order valence-electron chi connectivity index (χ3n) is 8.58. The smallest absolute Gasteiger partial charge is 0.228 e. The van der Waals surface area contributed by atoms with Crippen LogP contribution in [0.4, 0.5) is 11.4 Å². The largest absolute Gasteiger partial charge is 0.392 e. The molecule has 4 atom stereocenters. The van der Waals surface area contributed by atoms with Gasteiger partial charge >= 0.3 is 0 Å². The third-order valence-corrected chi connectivity index (χ3v) is 8.58. The van der Waals surface area contributed by atoms with E-state index in [0.717, 1.165) is 17.5 Å². The second-order valence-electron chi connectivity index (χ2n) is 13.7. The van der Waals surface area contributed by atoms with Crippen molar-refractivity contribution in [2.75, 3.05) is 10.6 Å². The van der Waals surface area contributed by atoms with E-state index < -0.39 is 23.9 Å². The number of unbranched alkanes of at least 4 members (excludes halogenated alkanes) is 1. The molecule has 0 spiro atoms. The normalized spacial score (nSPS) is 13.0. The highest BCUT2D eigenvalue weighted by atomic mass is 16.3. The molecule has 0 saturated heterocycles. The molecule has 2 aromatic rings. The van der Waals surface area contributed by atoms with Crippen molar-refractivity contribution in [1.29, 1.82) is 0 Å². The number of carbonyl (C=O) groups is 5. The van der Waals surface area contributed by atoms with Crippen LogP contribution in [0.25, 0.3) is 0 Å². The highest BCUT2D eigenvalue weighted by Crippen LogP contribution is 2.20. The van der Waals surface area contributed by atoms with Crippen LogP contribution >= 0.6 is 0 Å². The number of aliphatic hydroxyl groups is 2. The first-order valence-corrected chi connectivity index (χ1v) is 18.1. The van der Waals surface area contributed by atoms with Crippen LogP contribution in [0, 0.1) is 23.7 Å². The standard InChI is InChI=1S/C24H34N2O4.C18H26N2O3/c1-5-7-8-10-22(29)26-23(17(3)4)21(28)15-19(9-6-2)24(30)25-20-13-11-18(16-27)12-14-20;1-4-5-14(10-16(22)17(19)12(2)3)18(23)20-15-8-6-13(11-21)7-9-15/h5-6,11-14,17,19,23,27H,1-2,7-10,15-16H2,3-4H3,(H,25,30)(H,26,29);4,6-9,12,14,17,21H,1,5,10-11,19H2,2-3H3,(H,20,23)/t19-,23+;14-,17+/m11/s1. The lowest BCUT2D eigenvalue weighted by Gasteiger charge is -2.23. The minimum Gasteiger partial charge on any atom is -0.392 e. The fourth-order valence-electron chi connectivity index (χ4n) is 5.24. The Hall–Kier alpha value is -4.71. The van der Waals surface area contributed by atoms with E-state index in [1.54, 1.807) is 66.8 Å². The Morgan fingerprint density at radius 3 is 1.47 bits per heavy atom. The van der Waals surface area contributed by atoms with E-state index in [-0.39, 0.29) is 67.2 Å². The molecule has 2 rings (SSSR count). The van der Waals surface area contributed by atoms with Gasteiger partial charge in [0.15, 0.2) is 11.6 Å². The second-order valence-corrected chi connectivity index (χ2v) is 13.7. The molecule has 0 heterocycles. The molecule has 0 fully saturated rings. The van der Waals surface area contributed by atoms with Gasteiger partial charge in [0.05, 0.1) is 25.3 Å². The number of Topliss-reactive ketones (excluding diaryl/α,β-unsaturated/α-hetero) is 2.